The third-order valence-electron chi connectivity index (χ3n) is 5.79. The summed E-state index contributed by atoms with van der Waals surface area (Å²) in [7, 11) is 0. The van der Waals surface area contributed by atoms with Crippen molar-refractivity contribution in [3.8, 4) is 11.3 Å². The number of aryl methyl sites for hydroxylation is 1. The predicted octanol–water partition coefficient (Wildman–Crippen LogP) is 2.77. The summed E-state index contributed by atoms with van der Waals surface area (Å²) in [4.78, 5) is 19.0. The van der Waals surface area contributed by atoms with E-state index >= 15 is 0 Å². The van der Waals surface area contributed by atoms with E-state index in [2.05, 4.69) is 40.7 Å². The number of fused-ring (bicyclic) bond motifs is 1. The van der Waals surface area contributed by atoms with Gasteiger partial charge in [0.25, 0.3) is 0 Å². The number of hydrogen-bond acceptors (Lipinski definition) is 3. The number of likely N-dealkylation sites (tertiary alicyclic amines) is 1. The molecule has 1 aliphatic carbocycles. The zero-order chi connectivity index (χ0) is 17.0. The largest absolute Gasteiger partial charge is 0.363 e. The molecule has 1 spiro atoms. The van der Waals surface area contributed by atoms with Gasteiger partial charge in [-0.25, -0.2) is 4.98 Å². The molecule has 130 valence electrons. The fourth-order valence-electron chi connectivity index (χ4n) is 4.08. The lowest BCUT2D eigenvalue weighted by molar-refractivity contribution is -0.134. The molecule has 1 aromatic heterocycles. The topological polar surface area (TPSA) is 47.4 Å². The maximum atomic E-state index is 12.4. The lowest BCUT2D eigenvalue weighted by atomic mass is 10.0. The summed E-state index contributed by atoms with van der Waals surface area (Å²) >= 11 is 0. The first-order valence-corrected chi connectivity index (χ1v) is 9.18. The third-order valence-corrected chi connectivity index (χ3v) is 5.79. The van der Waals surface area contributed by atoms with E-state index in [9.17, 15) is 4.79 Å². The van der Waals surface area contributed by atoms with Crippen molar-refractivity contribution in [3.05, 3.63) is 41.9 Å². The number of aromatic nitrogens is 2. The minimum absolute atomic E-state index is 0.252. The molecule has 2 aromatic rings. The van der Waals surface area contributed by atoms with Gasteiger partial charge in [-0.15, -0.1) is 0 Å². The Balaban J connectivity index is 1.41. The van der Waals surface area contributed by atoms with E-state index in [0.717, 1.165) is 43.9 Å². The minimum atomic E-state index is -0.252. The van der Waals surface area contributed by atoms with Crippen LogP contribution in [0.2, 0.25) is 0 Å². The molecule has 3 aliphatic rings. The van der Waals surface area contributed by atoms with Gasteiger partial charge in [0.15, 0.2) is 0 Å². The van der Waals surface area contributed by atoms with Crippen molar-refractivity contribution >= 4 is 5.91 Å². The maximum Gasteiger partial charge on any atom is 0.225 e. The SMILES string of the molecule is Cc1ccc(-c2cnc3n2C[C@@]2(CCN(C(=O)C4CC4)C2)OC3)cc1. The number of carbonyl (C=O) groups excluding carboxylic acids is 1. The summed E-state index contributed by atoms with van der Waals surface area (Å²) < 4.78 is 8.52. The summed E-state index contributed by atoms with van der Waals surface area (Å²) in [5, 5.41) is 0. The van der Waals surface area contributed by atoms with Gasteiger partial charge in [-0.3, -0.25) is 4.79 Å². The van der Waals surface area contributed by atoms with Crippen LogP contribution < -0.4 is 0 Å². The molecule has 1 atom stereocenters. The van der Waals surface area contributed by atoms with Crippen LogP contribution in [-0.4, -0.2) is 39.0 Å². The molecule has 5 nitrogen and oxygen atoms in total. The number of amides is 1. The second-order valence-corrected chi connectivity index (χ2v) is 7.77. The molecule has 3 heterocycles. The molecule has 0 unspecified atom stereocenters. The van der Waals surface area contributed by atoms with Crippen molar-refractivity contribution in [2.24, 2.45) is 5.92 Å². The summed E-state index contributed by atoms with van der Waals surface area (Å²) in [5.41, 5.74) is 3.33. The first kappa shape index (κ1) is 15.1. The molecule has 5 rings (SSSR count). The monoisotopic (exact) mass is 337 g/mol. The van der Waals surface area contributed by atoms with E-state index in [4.69, 9.17) is 4.74 Å². The third kappa shape index (κ3) is 2.58. The number of carbonyl (C=O) groups is 1. The van der Waals surface area contributed by atoms with Crippen molar-refractivity contribution in [3.63, 3.8) is 0 Å². The number of rotatable bonds is 2. The number of benzene rings is 1. The van der Waals surface area contributed by atoms with E-state index in [1.54, 1.807) is 0 Å². The highest BCUT2D eigenvalue weighted by atomic mass is 16.5. The zero-order valence-corrected chi connectivity index (χ0v) is 14.6. The number of ether oxygens (including phenoxy) is 1. The normalized spacial score (nSPS) is 25.4. The minimum Gasteiger partial charge on any atom is -0.363 e. The Hall–Kier alpha value is -2.14. The maximum absolute atomic E-state index is 12.4. The van der Waals surface area contributed by atoms with Crippen LogP contribution >= 0.6 is 0 Å². The highest BCUT2D eigenvalue weighted by Crippen LogP contribution is 2.38. The smallest absolute Gasteiger partial charge is 0.225 e. The molecule has 5 heteroatoms. The second kappa shape index (κ2) is 5.43. The fourth-order valence-corrected chi connectivity index (χ4v) is 4.08. The summed E-state index contributed by atoms with van der Waals surface area (Å²) in [5.74, 6) is 1.59. The Bertz CT molecular complexity index is 822. The van der Waals surface area contributed by atoms with Crippen LogP contribution in [0.15, 0.2) is 30.5 Å². The van der Waals surface area contributed by atoms with Crippen LogP contribution in [0.4, 0.5) is 0 Å². The molecular formula is C20H23N3O2. The molecule has 1 saturated heterocycles. The predicted molar refractivity (Wildman–Crippen MR) is 93.8 cm³/mol. The van der Waals surface area contributed by atoms with Gasteiger partial charge in [0.05, 0.1) is 25.0 Å². The first-order valence-electron chi connectivity index (χ1n) is 9.18. The molecule has 2 fully saturated rings. The van der Waals surface area contributed by atoms with E-state index < -0.39 is 0 Å². The quantitative estimate of drug-likeness (QED) is 0.847. The van der Waals surface area contributed by atoms with Gasteiger partial charge < -0.3 is 14.2 Å². The summed E-state index contributed by atoms with van der Waals surface area (Å²) in [6.45, 7) is 4.94. The molecule has 0 N–H and O–H groups in total. The number of nitrogens with zero attached hydrogens (tertiary/aromatic N) is 3. The summed E-state index contributed by atoms with van der Waals surface area (Å²) in [6, 6.07) is 8.57. The van der Waals surface area contributed by atoms with E-state index in [1.807, 2.05) is 11.1 Å². The van der Waals surface area contributed by atoms with E-state index in [1.165, 1.54) is 11.1 Å². The highest BCUT2D eigenvalue weighted by molar-refractivity contribution is 5.81. The Morgan fingerprint density at radius 2 is 2.04 bits per heavy atom. The van der Waals surface area contributed by atoms with E-state index in [-0.39, 0.29) is 11.5 Å². The average Bonchev–Trinajstić information content (AvgIpc) is 3.28. The van der Waals surface area contributed by atoms with Crippen molar-refractivity contribution in [1.29, 1.82) is 0 Å². The Kier molecular flexibility index (Phi) is 3.29. The lowest BCUT2D eigenvalue weighted by Crippen LogP contribution is -2.45. The molecule has 1 amide bonds. The summed E-state index contributed by atoms with van der Waals surface area (Å²) in [6.07, 6.45) is 4.99. The Labute approximate surface area is 147 Å². The highest BCUT2D eigenvalue weighted by Gasteiger charge is 2.46. The van der Waals surface area contributed by atoms with Crippen LogP contribution in [-0.2, 0) is 22.7 Å². The van der Waals surface area contributed by atoms with Crippen LogP contribution in [0, 0.1) is 12.8 Å². The lowest BCUT2D eigenvalue weighted by Gasteiger charge is -2.35. The van der Waals surface area contributed by atoms with Gasteiger partial charge >= 0.3 is 0 Å². The Morgan fingerprint density at radius 1 is 1.24 bits per heavy atom. The van der Waals surface area contributed by atoms with Gasteiger partial charge in [0, 0.05) is 12.5 Å². The number of hydrogen-bond donors (Lipinski definition) is 0. The van der Waals surface area contributed by atoms with Crippen LogP contribution in [0.5, 0.6) is 0 Å². The fraction of sp³-hybridized carbons (Fsp3) is 0.500. The zero-order valence-electron chi connectivity index (χ0n) is 14.6. The van der Waals surface area contributed by atoms with Crippen LogP contribution in [0.3, 0.4) is 0 Å². The van der Waals surface area contributed by atoms with Gasteiger partial charge in [0.1, 0.15) is 18.0 Å². The second-order valence-electron chi connectivity index (χ2n) is 7.77. The van der Waals surface area contributed by atoms with Crippen molar-refractivity contribution in [2.75, 3.05) is 13.1 Å². The van der Waals surface area contributed by atoms with Crippen LogP contribution in [0.25, 0.3) is 11.3 Å². The standard InChI is InChI=1S/C20H23N3O2/c1-14-2-4-15(5-3-14)17-10-21-18-11-25-20(13-23(17)18)8-9-22(12-20)19(24)16-6-7-16/h2-5,10,16H,6-9,11-13H2,1H3/t20-/m0/s1. The van der Waals surface area contributed by atoms with Gasteiger partial charge in [-0.2, -0.15) is 0 Å². The number of imidazole rings is 1. The molecule has 1 saturated carbocycles. The van der Waals surface area contributed by atoms with Gasteiger partial charge in [0.2, 0.25) is 5.91 Å². The van der Waals surface area contributed by atoms with Crippen molar-refractivity contribution in [1.82, 2.24) is 14.5 Å². The first-order chi connectivity index (χ1) is 12.1. The molecule has 0 bridgehead atoms. The van der Waals surface area contributed by atoms with Gasteiger partial charge in [-0.1, -0.05) is 29.8 Å². The molecule has 25 heavy (non-hydrogen) atoms. The molecular weight excluding hydrogens is 314 g/mol. The van der Waals surface area contributed by atoms with Gasteiger partial charge in [-0.05, 0) is 31.7 Å². The average molecular weight is 337 g/mol. The molecule has 2 aliphatic heterocycles. The molecule has 0 radical (unpaired) electrons. The van der Waals surface area contributed by atoms with Crippen molar-refractivity contribution < 1.29 is 9.53 Å². The van der Waals surface area contributed by atoms with Crippen LogP contribution in [0.1, 0.15) is 30.7 Å². The Morgan fingerprint density at radius 3 is 2.80 bits per heavy atom. The molecule has 1 aromatic carbocycles. The van der Waals surface area contributed by atoms with Crippen molar-refractivity contribution in [2.45, 2.75) is 44.9 Å². The van der Waals surface area contributed by atoms with E-state index in [0.29, 0.717) is 19.1 Å².